The number of hydrazine groups is 1. The molecule has 1 aliphatic rings. The van der Waals surface area contributed by atoms with Crippen LogP contribution in [0.3, 0.4) is 0 Å². The minimum Gasteiger partial charge on any atom is -0.305 e. The van der Waals surface area contributed by atoms with Crippen molar-refractivity contribution in [2.24, 2.45) is 10.8 Å². The highest BCUT2D eigenvalue weighted by molar-refractivity contribution is 5.27. The number of hydrogen-bond acceptors (Lipinski definition) is 2. The number of rotatable bonds is 6. The van der Waals surface area contributed by atoms with Gasteiger partial charge in [-0.2, -0.15) is 0 Å². The molecular weight excluding hydrogens is 220 g/mol. The van der Waals surface area contributed by atoms with E-state index < -0.39 is 0 Å². The molecule has 0 saturated heterocycles. The third-order valence-electron chi connectivity index (χ3n) is 5.17. The van der Waals surface area contributed by atoms with E-state index in [1.165, 1.54) is 11.4 Å². The van der Waals surface area contributed by atoms with Crippen LogP contribution in [0.1, 0.15) is 67.2 Å². The van der Waals surface area contributed by atoms with Crippen molar-refractivity contribution in [1.82, 2.24) is 10.9 Å². The van der Waals surface area contributed by atoms with Crippen LogP contribution in [0, 0.1) is 10.8 Å². The minimum atomic E-state index is 0.254. The Morgan fingerprint density at radius 1 is 0.722 bits per heavy atom. The zero-order valence-electron chi connectivity index (χ0n) is 13.0. The van der Waals surface area contributed by atoms with Gasteiger partial charge in [-0.1, -0.05) is 41.5 Å². The van der Waals surface area contributed by atoms with Gasteiger partial charge < -0.3 is 10.9 Å². The smallest absolute Gasteiger partial charge is 0.0373 e. The van der Waals surface area contributed by atoms with Crippen LogP contribution in [0.25, 0.3) is 0 Å². The van der Waals surface area contributed by atoms with E-state index in [1.54, 1.807) is 0 Å². The summed E-state index contributed by atoms with van der Waals surface area (Å²) in [5.41, 5.74) is 9.99. The highest BCUT2D eigenvalue weighted by atomic mass is 15.4. The summed E-state index contributed by atoms with van der Waals surface area (Å²) in [7, 11) is 0. The average molecular weight is 250 g/mol. The van der Waals surface area contributed by atoms with E-state index in [-0.39, 0.29) is 10.8 Å². The van der Waals surface area contributed by atoms with E-state index in [9.17, 15) is 0 Å². The van der Waals surface area contributed by atoms with Gasteiger partial charge in [-0.25, -0.2) is 0 Å². The van der Waals surface area contributed by atoms with E-state index in [4.69, 9.17) is 0 Å². The number of allylic oxidation sites excluding steroid dienone is 4. The molecule has 0 atom stereocenters. The van der Waals surface area contributed by atoms with Crippen LogP contribution in [-0.4, -0.2) is 0 Å². The zero-order valence-corrected chi connectivity index (χ0v) is 13.0. The predicted octanol–water partition coefficient (Wildman–Crippen LogP) is 4.51. The first-order chi connectivity index (χ1) is 8.45. The first-order valence-corrected chi connectivity index (χ1v) is 7.40. The molecule has 0 aliphatic carbocycles. The molecule has 1 rings (SSSR count). The molecule has 18 heavy (non-hydrogen) atoms. The van der Waals surface area contributed by atoms with Crippen LogP contribution in [-0.2, 0) is 0 Å². The molecule has 2 nitrogen and oxygen atoms in total. The van der Waals surface area contributed by atoms with Crippen molar-refractivity contribution in [1.29, 1.82) is 0 Å². The fraction of sp³-hybridized carbons (Fsp3) is 0.750. The van der Waals surface area contributed by atoms with Crippen LogP contribution < -0.4 is 10.9 Å². The van der Waals surface area contributed by atoms with Crippen LogP contribution >= 0.6 is 0 Å². The van der Waals surface area contributed by atoms with Crippen molar-refractivity contribution in [2.45, 2.75) is 67.2 Å². The van der Waals surface area contributed by atoms with Crippen molar-refractivity contribution in [2.75, 3.05) is 0 Å². The average Bonchev–Trinajstić information content (AvgIpc) is 2.45. The third-order valence-corrected chi connectivity index (χ3v) is 5.17. The molecule has 1 heterocycles. The summed E-state index contributed by atoms with van der Waals surface area (Å²) in [6, 6.07) is 0. The molecule has 0 spiro atoms. The molecule has 0 saturated carbocycles. The van der Waals surface area contributed by atoms with E-state index in [0.29, 0.717) is 0 Å². The fourth-order valence-electron chi connectivity index (χ4n) is 2.35. The SMILES string of the molecule is CCC(C)(CC)C1=CC=C(C(C)(CC)CC)NN1. The van der Waals surface area contributed by atoms with Crippen molar-refractivity contribution >= 4 is 0 Å². The lowest BCUT2D eigenvalue weighted by Gasteiger charge is -2.38. The van der Waals surface area contributed by atoms with Gasteiger partial charge in [0, 0.05) is 22.2 Å². The van der Waals surface area contributed by atoms with E-state index in [2.05, 4.69) is 64.5 Å². The van der Waals surface area contributed by atoms with Crippen LogP contribution in [0.5, 0.6) is 0 Å². The minimum absolute atomic E-state index is 0.254. The Kier molecular flexibility index (Phi) is 4.89. The lowest BCUT2D eigenvalue weighted by atomic mass is 9.78. The monoisotopic (exact) mass is 250 g/mol. The molecule has 0 aromatic rings. The summed E-state index contributed by atoms with van der Waals surface area (Å²) < 4.78 is 0. The van der Waals surface area contributed by atoms with Gasteiger partial charge in [-0.15, -0.1) is 0 Å². The standard InChI is InChI=1S/C16H30N2/c1-7-15(5,8-2)13-11-12-14(18-17-13)16(6,9-3)10-4/h11-12,17-18H,7-10H2,1-6H3. The molecule has 0 radical (unpaired) electrons. The quantitative estimate of drug-likeness (QED) is 0.724. The van der Waals surface area contributed by atoms with Gasteiger partial charge >= 0.3 is 0 Å². The molecule has 2 heteroatoms. The van der Waals surface area contributed by atoms with E-state index in [1.807, 2.05) is 0 Å². The maximum atomic E-state index is 3.43. The lowest BCUT2D eigenvalue weighted by molar-refractivity contribution is 0.299. The van der Waals surface area contributed by atoms with Gasteiger partial charge in [0.2, 0.25) is 0 Å². The Hall–Kier alpha value is -0.920. The molecule has 0 aromatic carbocycles. The maximum absolute atomic E-state index is 3.43. The second-order valence-electron chi connectivity index (χ2n) is 5.95. The van der Waals surface area contributed by atoms with Crippen LogP contribution in [0.2, 0.25) is 0 Å². The Bertz CT molecular complexity index is 297. The molecule has 0 bridgehead atoms. The van der Waals surface area contributed by atoms with Crippen LogP contribution in [0.15, 0.2) is 23.5 Å². The summed E-state index contributed by atoms with van der Waals surface area (Å²) in [6.07, 6.45) is 9.17. The first kappa shape index (κ1) is 15.1. The maximum Gasteiger partial charge on any atom is 0.0373 e. The van der Waals surface area contributed by atoms with Gasteiger partial charge in [-0.3, -0.25) is 0 Å². The summed E-state index contributed by atoms with van der Waals surface area (Å²) in [5.74, 6) is 0. The van der Waals surface area contributed by atoms with Crippen LogP contribution in [0.4, 0.5) is 0 Å². The summed E-state index contributed by atoms with van der Waals surface area (Å²) in [6.45, 7) is 13.7. The van der Waals surface area contributed by atoms with E-state index in [0.717, 1.165) is 25.7 Å². The Morgan fingerprint density at radius 3 is 1.17 bits per heavy atom. The van der Waals surface area contributed by atoms with Gasteiger partial charge in [0.05, 0.1) is 0 Å². The van der Waals surface area contributed by atoms with Gasteiger partial charge in [0.15, 0.2) is 0 Å². The third kappa shape index (κ3) is 2.73. The lowest BCUT2D eigenvalue weighted by Crippen LogP contribution is -2.43. The largest absolute Gasteiger partial charge is 0.305 e. The highest BCUT2D eigenvalue weighted by Gasteiger charge is 2.30. The normalized spacial score (nSPS) is 16.6. The van der Waals surface area contributed by atoms with Crippen molar-refractivity contribution in [3.63, 3.8) is 0 Å². The molecule has 0 amide bonds. The Labute approximate surface area is 113 Å². The topological polar surface area (TPSA) is 24.1 Å². The highest BCUT2D eigenvalue weighted by Crippen LogP contribution is 2.37. The molecule has 0 fully saturated rings. The molecular formula is C16H30N2. The zero-order chi connectivity index (χ0) is 13.8. The van der Waals surface area contributed by atoms with Crippen molar-refractivity contribution < 1.29 is 0 Å². The summed E-state index contributed by atoms with van der Waals surface area (Å²) in [5, 5.41) is 0. The van der Waals surface area contributed by atoms with Crippen molar-refractivity contribution in [3.05, 3.63) is 23.5 Å². The fourth-order valence-corrected chi connectivity index (χ4v) is 2.35. The van der Waals surface area contributed by atoms with E-state index >= 15 is 0 Å². The molecule has 0 unspecified atom stereocenters. The summed E-state index contributed by atoms with van der Waals surface area (Å²) >= 11 is 0. The van der Waals surface area contributed by atoms with Crippen molar-refractivity contribution in [3.8, 4) is 0 Å². The molecule has 0 aromatic heterocycles. The second-order valence-corrected chi connectivity index (χ2v) is 5.95. The van der Waals surface area contributed by atoms with Gasteiger partial charge in [0.25, 0.3) is 0 Å². The number of nitrogens with one attached hydrogen (secondary N) is 2. The Balaban J connectivity index is 2.95. The summed E-state index contributed by atoms with van der Waals surface area (Å²) in [4.78, 5) is 0. The predicted molar refractivity (Wildman–Crippen MR) is 79.8 cm³/mol. The first-order valence-electron chi connectivity index (χ1n) is 7.40. The van der Waals surface area contributed by atoms with Gasteiger partial charge in [0.1, 0.15) is 0 Å². The van der Waals surface area contributed by atoms with Gasteiger partial charge in [-0.05, 0) is 37.8 Å². The molecule has 1 aliphatic heterocycles. The Morgan fingerprint density at radius 2 is 1.00 bits per heavy atom. The molecule has 104 valence electrons. The number of hydrogen-bond donors (Lipinski definition) is 2. The molecule has 2 N–H and O–H groups in total. The second kappa shape index (κ2) is 5.81.